The first-order valence-corrected chi connectivity index (χ1v) is 12.2. The average Bonchev–Trinajstić information content (AvgIpc) is 3.54. The van der Waals surface area contributed by atoms with Gasteiger partial charge in [-0.25, -0.2) is 4.98 Å². The van der Waals surface area contributed by atoms with E-state index in [-0.39, 0.29) is 5.92 Å². The predicted molar refractivity (Wildman–Crippen MR) is 135 cm³/mol. The minimum atomic E-state index is 0.288. The fourth-order valence-electron chi connectivity index (χ4n) is 5.11. The molecule has 1 aromatic heterocycles. The highest BCUT2D eigenvalue weighted by Gasteiger charge is 2.36. The predicted octanol–water partition coefficient (Wildman–Crippen LogP) is 5.64. The van der Waals surface area contributed by atoms with Crippen molar-refractivity contribution >= 4 is 16.9 Å². The Balaban J connectivity index is 1.34. The monoisotopic (exact) mass is 451 g/mol. The number of carbonyl (C=O) groups excluding carboxylic acids is 1. The van der Waals surface area contributed by atoms with Crippen LogP contribution in [0.2, 0.25) is 0 Å². The normalized spacial score (nSPS) is 17.9. The van der Waals surface area contributed by atoms with Gasteiger partial charge in [0.1, 0.15) is 11.6 Å². The number of benzene rings is 3. The third kappa shape index (κ3) is 3.96. The number of hydrogen-bond donors (Lipinski definition) is 0. The van der Waals surface area contributed by atoms with Gasteiger partial charge in [0.25, 0.3) is 0 Å². The molecule has 1 saturated carbocycles. The molecule has 6 rings (SSSR count). The smallest absolute Gasteiger partial charge is 0.225 e. The van der Waals surface area contributed by atoms with E-state index in [1.165, 1.54) is 11.1 Å². The lowest BCUT2D eigenvalue weighted by molar-refractivity contribution is -0.131. The molecular weight excluding hydrogens is 422 g/mol. The van der Waals surface area contributed by atoms with Crippen LogP contribution < -0.4 is 4.74 Å². The molecule has 5 heteroatoms. The van der Waals surface area contributed by atoms with Crippen LogP contribution in [0, 0.1) is 11.8 Å². The van der Waals surface area contributed by atoms with Crippen molar-refractivity contribution < 1.29 is 9.53 Å². The lowest BCUT2D eigenvalue weighted by Crippen LogP contribution is -2.30. The van der Waals surface area contributed by atoms with Crippen LogP contribution in [0.4, 0.5) is 0 Å². The van der Waals surface area contributed by atoms with Gasteiger partial charge in [0.05, 0.1) is 18.1 Å². The Bertz CT molecular complexity index is 1320. The highest BCUT2D eigenvalue weighted by Crippen LogP contribution is 2.35. The van der Waals surface area contributed by atoms with E-state index in [9.17, 15) is 4.79 Å². The number of nitrogens with zero attached hydrogens (tertiary/aromatic N) is 3. The third-order valence-corrected chi connectivity index (χ3v) is 7.17. The first-order valence-electron chi connectivity index (χ1n) is 12.2. The summed E-state index contributed by atoms with van der Waals surface area (Å²) in [6.45, 7) is 2.55. The SMILES string of the molecule is COc1ccc2nc(-c3ccc(-c4ccccc4)cc3)n(CC3CCN(C(=O)C4CC4)C3)c2c1. The number of fused-ring (bicyclic) bond motifs is 1. The summed E-state index contributed by atoms with van der Waals surface area (Å²) >= 11 is 0. The molecule has 0 N–H and O–H groups in total. The number of hydrogen-bond acceptors (Lipinski definition) is 3. The van der Waals surface area contributed by atoms with E-state index >= 15 is 0 Å². The standard InChI is InChI=1S/C29H29N3O2/c1-34-25-13-14-26-27(17-25)32(19-20-15-16-31(18-20)29(33)24-11-12-24)28(30-26)23-9-7-22(8-10-23)21-5-3-2-4-6-21/h2-10,13-14,17,20,24H,11-12,15-16,18-19H2,1H3. The van der Waals surface area contributed by atoms with Gasteiger partial charge in [-0.2, -0.15) is 0 Å². The minimum Gasteiger partial charge on any atom is -0.497 e. The molecule has 34 heavy (non-hydrogen) atoms. The second kappa shape index (κ2) is 8.64. The van der Waals surface area contributed by atoms with E-state index in [0.29, 0.717) is 11.8 Å². The summed E-state index contributed by atoms with van der Waals surface area (Å²) in [4.78, 5) is 19.7. The maximum atomic E-state index is 12.6. The molecule has 172 valence electrons. The van der Waals surface area contributed by atoms with E-state index in [2.05, 4.69) is 64.1 Å². The van der Waals surface area contributed by atoms with Gasteiger partial charge in [0.2, 0.25) is 5.91 Å². The number of imidazole rings is 1. The fourth-order valence-corrected chi connectivity index (χ4v) is 5.11. The van der Waals surface area contributed by atoms with E-state index in [0.717, 1.165) is 67.1 Å². The van der Waals surface area contributed by atoms with Crippen molar-refractivity contribution in [3.8, 4) is 28.3 Å². The first-order chi connectivity index (χ1) is 16.7. The van der Waals surface area contributed by atoms with Gasteiger partial charge in [-0.05, 0) is 48.4 Å². The van der Waals surface area contributed by atoms with Gasteiger partial charge in [-0.3, -0.25) is 4.79 Å². The Morgan fingerprint density at radius 3 is 2.41 bits per heavy atom. The average molecular weight is 452 g/mol. The van der Waals surface area contributed by atoms with Gasteiger partial charge in [-0.15, -0.1) is 0 Å². The van der Waals surface area contributed by atoms with Gasteiger partial charge in [0, 0.05) is 37.2 Å². The summed E-state index contributed by atoms with van der Waals surface area (Å²) < 4.78 is 7.84. The number of aromatic nitrogens is 2. The van der Waals surface area contributed by atoms with Crippen LogP contribution in [0.5, 0.6) is 5.75 Å². The molecular formula is C29H29N3O2. The molecule has 2 aliphatic rings. The van der Waals surface area contributed by atoms with Gasteiger partial charge in [-0.1, -0.05) is 54.6 Å². The van der Waals surface area contributed by atoms with Crippen molar-refractivity contribution in [3.63, 3.8) is 0 Å². The Labute approximate surface area is 200 Å². The molecule has 1 aliphatic heterocycles. The van der Waals surface area contributed by atoms with Crippen molar-refractivity contribution in [2.45, 2.75) is 25.8 Å². The first kappa shape index (κ1) is 21.0. The van der Waals surface area contributed by atoms with Crippen LogP contribution in [0.1, 0.15) is 19.3 Å². The number of likely N-dealkylation sites (tertiary alicyclic amines) is 1. The molecule has 2 fully saturated rings. The zero-order valence-corrected chi connectivity index (χ0v) is 19.5. The van der Waals surface area contributed by atoms with Crippen molar-refractivity contribution in [1.82, 2.24) is 14.5 Å². The molecule has 1 saturated heterocycles. The third-order valence-electron chi connectivity index (χ3n) is 7.17. The lowest BCUT2D eigenvalue weighted by atomic mass is 10.0. The van der Waals surface area contributed by atoms with E-state index in [1.54, 1.807) is 7.11 Å². The van der Waals surface area contributed by atoms with Gasteiger partial charge >= 0.3 is 0 Å². The molecule has 3 aromatic carbocycles. The van der Waals surface area contributed by atoms with Crippen LogP contribution in [-0.4, -0.2) is 40.6 Å². The largest absolute Gasteiger partial charge is 0.497 e. The van der Waals surface area contributed by atoms with Crippen molar-refractivity contribution in [2.24, 2.45) is 11.8 Å². The number of amides is 1. The number of ether oxygens (including phenoxy) is 1. The topological polar surface area (TPSA) is 47.4 Å². The zero-order chi connectivity index (χ0) is 23.1. The molecule has 1 atom stereocenters. The van der Waals surface area contributed by atoms with E-state index in [4.69, 9.17) is 9.72 Å². The quantitative estimate of drug-likeness (QED) is 0.381. The zero-order valence-electron chi connectivity index (χ0n) is 19.5. The van der Waals surface area contributed by atoms with Crippen LogP contribution in [0.25, 0.3) is 33.5 Å². The summed E-state index contributed by atoms with van der Waals surface area (Å²) in [5, 5.41) is 0. The van der Waals surface area contributed by atoms with Crippen LogP contribution in [0.15, 0.2) is 72.8 Å². The van der Waals surface area contributed by atoms with Crippen LogP contribution >= 0.6 is 0 Å². The summed E-state index contributed by atoms with van der Waals surface area (Å²) in [5.74, 6) is 2.87. The molecule has 2 heterocycles. The fraction of sp³-hybridized carbons (Fsp3) is 0.310. The van der Waals surface area contributed by atoms with Crippen LogP contribution in [0.3, 0.4) is 0 Å². The molecule has 0 spiro atoms. The highest BCUT2D eigenvalue weighted by molar-refractivity contribution is 5.83. The second-order valence-corrected chi connectivity index (χ2v) is 9.56. The maximum absolute atomic E-state index is 12.6. The number of carbonyl (C=O) groups is 1. The molecule has 0 bridgehead atoms. The Kier molecular flexibility index (Phi) is 5.33. The molecule has 0 radical (unpaired) electrons. The summed E-state index contributed by atoms with van der Waals surface area (Å²) in [6, 6.07) is 25.2. The summed E-state index contributed by atoms with van der Waals surface area (Å²) in [6.07, 6.45) is 3.17. The molecule has 1 aliphatic carbocycles. The van der Waals surface area contributed by atoms with Gasteiger partial charge in [0.15, 0.2) is 0 Å². The molecule has 5 nitrogen and oxygen atoms in total. The Hall–Kier alpha value is -3.60. The summed E-state index contributed by atoms with van der Waals surface area (Å²) in [5.41, 5.74) is 5.54. The van der Waals surface area contributed by atoms with Crippen molar-refractivity contribution in [1.29, 1.82) is 0 Å². The molecule has 4 aromatic rings. The van der Waals surface area contributed by atoms with E-state index < -0.39 is 0 Å². The number of methoxy groups -OCH3 is 1. The van der Waals surface area contributed by atoms with Crippen molar-refractivity contribution in [3.05, 3.63) is 72.8 Å². The minimum absolute atomic E-state index is 0.288. The molecule has 1 amide bonds. The maximum Gasteiger partial charge on any atom is 0.225 e. The van der Waals surface area contributed by atoms with Crippen LogP contribution in [-0.2, 0) is 11.3 Å². The van der Waals surface area contributed by atoms with Gasteiger partial charge < -0.3 is 14.2 Å². The Morgan fingerprint density at radius 1 is 0.941 bits per heavy atom. The Morgan fingerprint density at radius 2 is 1.68 bits per heavy atom. The highest BCUT2D eigenvalue weighted by atomic mass is 16.5. The lowest BCUT2D eigenvalue weighted by Gasteiger charge is -2.18. The molecule has 1 unspecified atom stereocenters. The van der Waals surface area contributed by atoms with Crippen molar-refractivity contribution in [2.75, 3.05) is 20.2 Å². The number of rotatable bonds is 6. The second-order valence-electron chi connectivity index (χ2n) is 9.56. The summed E-state index contributed by atoms with van der Waals surface area (Å²) in [7, 11) is 1.70. The van der Waals surface area contributed by atoms with E-state index in [1.807, 2.05) is 18.2 Å².